The van der Waals surface area contributed by atoms with E-state index in [2.05, 4.69) is 0 Å². The van der Waals surface area contributed by atoms with Crippen LogP contribution in [0.4, 0.5) is 0 Å². The quantitative estimate of drug-likeness (QED) is 0.593. The number of aliphatic hydroxyl groups is 1. The highest BCUT2D eigenvalue weighted by atomic mass is 16.6. The van der Waals surface area contributed by atoms with E-state index in [-0.39, 0.29) is 6.10 Å². The van der Waals surface area contributed by atoms with Crippen molar-refractivity contribution in [1.82, 2.24) is 0 Å². The molecule has 0 saturated carbocycles. The van der Waals surface area contributed by atoms with Gasteiger partial charge < -0.3 is 19.3 Å². The maximum atomic E-state index is 9.59. The Balaban J connectivity index is 1.66. The monoisotopic (exact) mass is 188 g/mol. The van der Waals surface area contributed by atoms with Crippen molar-refractivity contribution in [3.63, 3.8) is 0 Å². The molecular weight excluding hydrogens is 172 g/mol. The molecule has 76 valence electrons. The standard InChI is InChI=1S/C9H16O4/c1-2-8(10)9(6-13-9)5-11-3-7-4-12-7/h7-8,10H,2-6H2,1H3. The third-order valence-corrected chi connectivity index (χ3v) is 2.56. The van der Waals surface area contributed by atoms with Crippen molar-refractivity contribution < 1.29 is 19.3 Å². The molecule has 13 heavy (non-hydrogen) atoms. The average Bonchev–Trinajstić information content (AvgIpc) is 2.96. The predicted molar refractivity (Wildman–Crippen MR) is 45.5 cm³/mol. The molecular formula is C9H16O4. The lowest BCUT2D eigenvalue weighted by atomic mass is 10.0. The van der Waals surface area contributed by atoms with Gasteiger partial charge in [0.2, 0.25) is 0 Å². The predicted octanol–water partition coefficient (Wildman–Crippen LogP) is -0.0583. The van der Waals surface area contributed by atoms with Gasteiger partial charge in [-0.15, -0.1) is 0 Å². The number of ether oxygens (including phenoxy) is 3. The van der Waals surface area contributed by atoms with Crippen LogP contribution in [0.5, 0.6) is 0 Å². The van der Waals surface area contributed by atoms with Gasteiger partial charge in [0.25, 0.3) is 0 Å². The zero-order chi connectivity index (χ0) is 9.31. The lowest BCUT2D eigenvalue weighted by Gasteiger charge is -2.17. The largest absolute Gasteiger partial charge is 0.390 e. The summed E-state index contributed by atoms with van der Waals surface area (Å²) < 4.78 is 15.6. The van der Waals surface area contributed by atoms with E-state index in [1.165, 1.54) is 0 Å². The lowest BCUT2D eigenvalue weighted by Crippen LogP contribution is -2.34. The molecule has 4 heteroatoms. The fourth-order valence-electron chi connectivity index (χ4n) is 1.36. The molecule has 4 nitrogen and oxygen atoms in total. The number of rotatable bonds is 6. The average molecular weight is 188 g/mol. The van der Waals surface area contributed by atoms with Crippen molar-refractivity contribution >= 4 is 0 Å². The minimum Gasteiger partial charge on any atom is -0.390 e. The van der Waals surface area contributed by atoms with Crippen LogP contribution in [-0.4, -0.2) is 49.3 Å². The van der Waals surface area contributed by atoms with Crippen molar-refractivity contribution in [2.24, 2.45) is 0 Å². The van der Waals surface area contributed by atoms with Crippen LogP contribution >= 0.6 is 0 Å². The third-order valence-electron chi connectivity index (χ3n) is 2.56. The summed E-state index contributed by atoms with van der Waals surface area (Å²) in [6.45, 7) is 4.49. The molecule has 2 aliphatic rings. The highest BCUT2D eigenvalue weighted by molar-refractivity contribution is 4.98. The Morgan fingerprint density at radius 3 is 2.85 bits per heavy atom. The fraction of sp³-hybridized carbons (Fsp3) is 1.00. The topological polar surface area (TPSA) is 54.5 Å². The normalized spacial score (nSPS) is 38.8. The van der Waals surface area contributed by atoms with Crippen LogP contribution in [0.1, 0.15) is 13.3 Å². The smallest absolute Gasteiger partial charge is 0.140 e. The first kappa shape index (κ1) is 9.40. The van der Waals surface area contributed by atoms with Crippen molar-refractivity contribution in [2.45, 2.75) is 31.2 Å². The Labute approximate surface area is 77.8 Å². The first-order valence-electron chi connectivity index (χ1n) is 4.78. The highest BCUT2D eigenvalue weighted by Crippen LogP contribution is 2.33. The number of aliphatic hydroxyl groups excluding tert-OH is 1. The molecule has 2 saturated heterocycles. The zero-order valence-corrected chi connectivity index (χ0v) is 7.86. The number of hydrogen-bond acceptors (Lipinski definition) is 4. The van der Waals surface area contributed by atoms with E-state index in [1.807, 2.05) is 6.92 Å². The van der Waals surface area contributed by atoms with Crippen LogP contribution in [0.2, 0.25) is 0 Å². The van der Waals surface area contributed by atoms with Gasteiger partial charge in [-0.1, -0.05) is 6.92 Å². The summed E-state index contributed by atoms with van der Waals surface area (Å²) in [5, 5.41) is 9.59. The molecule has 0 aromatic heterocycles. The first-order valence-corrected chi connectivity index (χ1v) is 4.78. The Morgan fingerprint density at radius 2 is 2.38 bits per heavy atom. The molecule has 0 aromatic carbocycles. The van der Waals surface area contributed by atoms with E-state index < -0.39 is 11.7 Å². The molecule has 0 amide bonds. The molecule has 0 aromatic rings. The second-order valence-corrected chi connectivity index (χ2v) is 3.75. The molecule has 2 fully saturated rings. The van der Waals surface area contributed by atoms with Gasteiger partial charge in [0.05, 0.1) is 32.5 Å². The van der Waals surface area contributed by atoms with E-state index in [4.69, 9.17) is 14.2 Å². The molecule has 3 unspecified atom stereocenters. The van der Waals surface area contributed by atoms with Gasteiger partial charge in [-0.2, -0.15) is 0 Å². The second kappa shape index (κ2) is 3.53. The molecule has 0 radical (unpaired) electrons. The van der Waals surface area contributed by atoms with E-state index >= 15 is 0 Å². The maximum Gasteiger partial charge on any atom is 0.140 e. The Kier molecular flexibility index (Phi) is 2.55. The number of hydrogen-bond donors (Lipinski definition) is 1. The Bertz CT molecular complexity index is 174. The van der Waals surface area contributed by atoms with Crippen LogP contribution in [0.3, 0.4) is 0 Å². The summed E-state index contributed by atoms with van der Waals surface area (Å²) in [6.07, 6.45) is 0.603. The lowest BCUT2D eigenvalue weighted by molar-refractivity contribution is -0.000700. The van der Waals surface area contributed by atoms with Crippen LogP contribution in [0, 0.1) is 0 Å². The minimum atomic E-state index is -0.399. The molecule has 0 aliphatic carbocycles. The Hall–Kier alpha value is -0.160. The summed E-state index contributed by atoms with van der Waals surface area (Å²) in [5.74, 6) is 0. The summed E-state index contributed by atoms with van der Waals surface area (Å²) in [5.41, 5.74) is -0.399. The summed E-state index contributed by atoms with van der Waals surface area (Å²) >= 11 is 0. The Morgan fingerprint density at radius 1 is 1.69 bits per heavy atom. The summed E-state index contributed by atoms with van der Waals surface area (Å²) in [6, 6.07) is 0. The van der Waals surface area contributed by atoms with Gasteiger partial charge in [-0.25, -0.2) is 0 Å². The van der Waals surface area contributed by atoms with Crippen molar-refractivity contribution in [1.29, 1.82) is 0 Å². The third kappa shape index (κ3) is 2.20. The molecule has 2 rings (SSSR count). The van der Waals surface area contributed by atoms with Gasteiger partial charge in [0.15, 0.2) is 0 Å². The van der Waals surface area contributed by atoms with Gasteiger partial charge >= 0.3 is 0 Å². The molecule has 0 bridgehead atoms. The molecule has 3 atom stereocenters. The zero-order valence-electron chi connectivity index (χ0n) is 7.86. The molecule has 2 aliphatic heterocycles. The molecule has 1 N–H and O–H groups in total. The van der Waals surface area contributed by atoms with Crippen LogP contribution in [0.15, 0.2) is 0 Å². The number of epoxide rings is 2. The van der Waals surface area contributed by atoms with Gasteiger partial charge in [-0.3, -0.25) is 0 Å². The van der Waals surface area contributed by atoms with E-state index in [9.17, 15) is 5.11 Å². The van der Waals surface area contributed by atoms with E-state index in [0.29, 0.717) is 26.2 Å². The first-order chi connectivity index (χ1) is 6.27. The maximum absolute atomic E-state index is 9.59. The molecule has 2 heterocycles. The van der Waals surface area contributed by atoms with Crippen LogP contribution in [0.25, 0.3) is 0 Å². The van der Waals surface area contributed by atoms with Gasteiger partial charge in [0.1, 0.15) is 11.7 Å². The summed E-state index contributed by atoms with van der Waals surface area (Å²) in [7, 11) is 0. The highest BCUT2D eigenvalue weighted by Gasteiger charge is 2.51. The van der Waals surface area contributed by atoms with E-state index in [0.717, 1.165) is 6.61 Å². The van der Waals surface area contributed by atoms with E-state index in [1.54, 1.807) is 0 Å². The molecule has 0 spiro atoms. The van der Waals surface area contributed by atoms with Gasteiger partial charge in [-0.05, 0) is 6.42 Å². The van der Waals surface area contributed by atoms with Crippen molar-refractivity contribution in [3.05, 3.63) is 0 Å². The van der Waals surface area contributed by atoms with Crippen LogP contribution in [-0.2, 0) is 14.2 Å². The van der Waals surface area contributed by atoms with Gasteiger partial charge in [0, 0.05) is 0 Å². The van der Waals surface area contributed by atoms with Crippen molar-refractivity contribution in [2.75, 3.05) is 26.4 Å². The van der Waals surface area contributed by atoms with Crippen LogP contribution < -0.4 is 0 Å². The fourth-order valence-corrected chi connectivity index (χ4v) is 1.36. The minimum absolute atomic E-state index is 0.287. The SMILES string of the molecule is CCC(O)C1(COCC2CO2)CO1. The summed E-state index contributed by atoms with van der Waals surface area (Å²) in [4.78, 5) is 0. The second-order valence-electron chi connectivity index (χ2n) is 3.75. The van der Waals surface area contributed by atoms with Crippen molar-refractivity contribution in [3.8, 4) is 0 Å².